The molecule has 4 atom stereocenters. The van der Waals surface area contributed by atoms with Crippen molar-refractivity contribution < 1.29 is 0 Å². The molecule has 2 fully saturated rings. The van der Waals surface area contributed by atoms with Gasteiger partial charge in [0.1, 0.15) is 0 Å². The minimum absolute atomic E-state index is 0.424. The van der Waals surface area contributed by atoms with Crippen molar-refractivity contribution in [3.05, 3.63) is 0 Å². The third kappa shape index (κ3) is 3.46. The van der Waals surface area contributed by atoms with Crippen LogP contribution in [-0.2, 0) is 0 Å². The first-order valence-corrected chi connectivity index (χ1v) is 7.80. The van der Waals surface area contributed by atoms with Crippen molar-refractivity contribution in [1.82, 2.24) is 9.80 Å². The van der Waals surface area contributed by atoms with E-state index in [1.54, 1.807) is 0 Å². The van der Waals surface area contributed by atoms with Gasteiger partial charge in [0.05, 0.1) is 0 Å². The van der Waals surface area contributed by atoms with Crippen LogP contribution < -0.4 is 5.73 Å². The maximum Gasteiger partial charge on any atom is 0.0110 e. The fourth-order valence-electron chi connectivity index (χ4n) is 3.87. The number of hydrogen-bond donors (Lipinski definition) is 1. The Morgan fingerprint density at radius 3 is 2.17 bits per heavy atom. The fraction of sp³-hybridized carbons (Fsp3) is 1.00. The number of nitrogens with two attached hydrogens (primary N) is 1. The fourth-order valence-corrected chi connectivity index (χ4v) is 3.87. The highest BCUT2D eigenvalue weighted by molar-refractivity contribution is 4.88. The normalized spacial score (nSPS) is 40.0. The molecular weight excluding hydrogens is 222 g/mol. The minimum Gasteiger partial charge on any atom is -0.327 e. The van der Waals surface area contributed by atoms with Crippen LogP contribution in [0.5, 0.6) is 0 Å². The van der Waals surface area contributed by atoms with Crippen LogP contribution >= 0.6 is 0 Å². The van der Waals surface area contributed by atoms with E-state index in [2.05, 4.69) is 30.6 Å². The van der Waals surface area contributed by atoms with Crippen LogP contribution in [-0.4, -0.2) is 55.1 Å². The Labute approximate surface area is 113 Å². The lowest BCUT2D eigenvalue weighted by Gasteiger charge is -2.42. The van der Waals surface area contributed by atoms with E-state index in [1.165, 1.54) is 52.1 Å². The Bertz CT molecular complexity index is 236. The van der Waals surface area contributed by atoms with Crippen molar-refractivity contribution in [2.24, 2.45) is 23.5 Å². The smallest absolute Gasteiger partial charge is 0.0110 e. The van der Waals surface area contributed by atoms with Gasteiger partial charge in [-0.15, -0.1) is 0 Å². The van der Waals surface area contributed by atoms with Gasteiger partial charge in [0.15, 0.2) is 0 Å². The van der Waals surface area contributed by atoms with E-state index >= 15 is 0 Å². The SMILES string of the molecule is CCN1CCN(CC2C(C)CC(C)CC2N)CC1. The lowest BCUT2D eigenvalue weighted by molar-refractivity contribution is 0.0791. The Hall–Kier alpha value is -0.120. The summed E-state index contributed by atoms with van der Waals surface area (Å²) in [6.07, 6.45) is 2.59. The zero-order valence-corrected chi connectivity index (χ0v) is 12.4. The van der Waals surface area contributed by atoms with Crippen LogP contribution in [0.4, 0.5) is 0 Å². The molecule has 106 valence electrons. The molecule has 0 spiro atoms. The van der Waals surface area contributed by atoms with E-state index < -0.39 is 0 Å². The van der Waals surface area contributed by atoms with Crippen molar-refractivity contribution in [3.8, 4) is 0 Å². The highest BCUT2D eigenvalue weighted by Crippen LogP contribution is 2.33. The summed E-state index contributed by atoms with van der Waals surface area (Å²) in [5.41, 5.74) is 6.39. The molecule has 18 heavy (non-hydrogen) atoms. The first-order chi connectivity index (χ1) is 8.60. The van der Waals surface area contributed by atoms with E-state index in [9.17, 15) is 0 Å². The largest absolute Gasteiger partial charge is 0.327 e. The molecule has 1 saturated heterocycles. The number of nitrogens with zero attached hydrogens (tertiary/aromatic N) is 2. The van der Waals surface area contributed by atoms with Crippen LogP contribution in [0.1, 0.15) is 33.6 Å². The van der Waals surface area contributed by atoms with Gasteiger partial charge in [-0.05, 0) is 37.1 Å². The van der Waals surface area contributed by atoms with Gasteiger partial charge in [-0.2, -0.15) is 0 Å². The van der Waals surface area contributed by atoms with Crippen LogP contribution in [0.3, 0.4) is 0 Å². The number of rotatable bonds is 3. The summed E-state index contributed by atoms with van der Waals surface area (Å²) in [6, 6.07) is 0.424. The van der Waals surface area contributed by atoms with Gasteiger partial charge in [-0.1, -0.05) is 20.8 Å². The third-order valence-electron chi connectivity index (χ3n) is 5.11. The summed E-state index contributed by atoms with van der Waals surface area (Å²) in [5, 5.41) is 0. The van der Waals surface area contributed by atoms with E-state index in [1.807, 2.05) is 0 Å². The van der Waals surface area contributed by atoms with Crippen LogP contribution in [0.15, 0.2) is 0 Å². The maximum atomic E-state index is 6.39. The molecule has 1 aliphatic heterocycles. The second-order valence-electron chi connectivity index (χ2n) is 6.62. The van der Waals surface area contributed by atoms with Crippen molar-refractivity contribution in [1.29, 1.82) is 0 Å². The monoisotopic (exact) mass is 253 g/mol. The topological polar surface area (TPSA) is 32.5 Å². The molecule has 1 heterocycles. The molecule has 0 radical (unpaired) electrons. The highest BCUT2D eigenvalue weighted by Gasteiger charge is 2.33. The number of hydrogen-bond acceptors (Lipinski definition) is 3. The lowest BCUT2D eigenvalue weighted by Crippen LogP contribution is -2.52. The van der Waals surface area contributed by atoms with Gasteiger partial charge in [-0.3, -0.25) is 0 Å². The first-order valence-electron chi connectivity index (χ1n) is 7.80. The van der Waals surface area contributed by atoms with Crippen LogP contribution in [0.2, 0.25) is 0 Å². The zero-order chi connectivity index (χ0) is 13.1. The quantitative estimate of drug-likeness (QED) is 0.830. The van der Waals surface area contributed by atoms with E-state index in [0.29, 0.717) is 6.04 Å². The van der Waals surface area contributed by atoms with Gasteiger partial charge in [0, 0.05) is 38.8 Å². The third-order valence-corrected chi connectivity index (χ3v) is 5.11. The molecule has 2 aliphatic rings. The summed E-state index contributed by atoms with van der Waals surface area (Å²) in [4.78, 5) is 5.19. The van der Waals surface area contributed by atoms with Gasteiger partial charge >= 0.3 is 0 Å². The van der Waals surface area contributed by atoms with E-state index in [0.717, 1.165) is 17.8 Å². The van der Waals surface area contributed by atoms with Crippen LogP contribution in [0.25, 0.3) is 0 Å². The second-order valence-corrected chi connectivity index (χ2v) is 6.62. The molecule has 0 aromatic carbocycles. The van der Waals surface area contributed by atoms with Crippen molar-refractivity contribution in [2.45, 2.75) is 39.7 Å². The standard InChI is InChI=1S/C15H31N3/c1-4-17-5-7-18(8-6-17)11-14-13(3)9-12(2)10-15(14)16/h12-15H,4-11,16H2,1-3H3. The molecule has 3 nitrogen and oxygen atoms in total. The summed E-state index contributed by atoms with van der Waals surface area (Å²) < 4.78 is 0. The van der Waals surface area contributed by atoms with Gasteiger partial charge in [-0.25, -0.2) is 0 Å². The molecular formula is C15H31N3. The highest BCUT2D eigenvalue weighted by atomic mass is 15.3. The Morgan fingerprint density at radius 1 is 1.00 bits per heavy atom. The minimum atomic E-state index is 0.424. The van der Waals surface area contributed by atoms with Gasteiger partial charge < -0.3 is 15.5 Å². The average Bonchev–Trinajstić information content (AvgIpc) is 2.34. The molecule has 0 aromatic rings. The van der Waals surface area contributed by atoms with Gasteiger partial charge in [0.2, 0.25) is 0 Å². The number of piperazine rings is 1. The Balaban J connectivity index is 1.82. The molecule has 4 unspecified atom stereocenters. The summed E-state index contributed by atoms with van der Waals surface area (Å²) >= 11 is 0. The maximum absolute atomic E-state index is 6.39. The summed E-state index contributed by atoms with van der Waals surface area (Å²) in [7, 11) is 0. The first kappa shape index (κ1) is 14.3. The molecule has 1 saturated carbocycles. The summed E-state index contributed by atoms with van der Waals surface area (Å²) in [5.74, 6) is 2.34. The molecule has 1 aliphatic carbocycles. The van der Waals surface area contributed by atoms with Crippen molar-refractivity contribution >= 4 is 0 Å². The molecule has 0 aromatic heterocycles. The Kier molecular flexibility index (Phi) is 5.05. The zero-order valence-electron chi connectivity index (χ0n) is 12.4. The Morgan fingerprint density at radius 2 is 1.61 bits per heavy atom. The number of likely N-dealkylation sites (N-methyl/N-ethyl adjacent to an activating group) is 1. The summed E-state index contributed by atoms with van der Waals surface area (Å²) in [6.45, 7) is 14.4. The molecule has 0 bridgehead atoms. The molecule has 2 rings (SSSR count). The van der Waals surface area contributed by atoms with Crippen LogP contribution in [0, 0.1) is 17.8 Å². The van der Waals surface area contributed by atoms with Crippen molar-refractivity contribution in [2.75, 3.05) is 39.3 Å². The molecule has 3 heteroatoms. The van der Waals surface area contributed by atoms with E-state index in [4.69, 9.17) is 5.73 Å². The molecule has 2 N–H and O–H groups in total. The van der Waals surface area contributed by atoms with Crippen molar-refractivity contribution in [3.63, 3.8) is 0 Å². The second kappa shape index (κ2) is 6.36. The van der Waals surface area contributed by atoms with Gasteiger partial charge in [0.25, 0.3) is 0 Å². The predicted molar refractivity (Wildman–Crippen MR) is 77.6 cm³/mol. The average molecular weight is 253 g/mol. The predicted octanol–water partition coefficient (Wildman–Crippen LogP) is 1.63. The molecule has 0 amide bonds. The van der Waals surface area contributed by atoms with E-state index in [-0.39, 0.29) is 0 Å². The lowest BCUT2D eigenvalue weighted by atomic mass is 9.72.